The van der Waals surface area contributed by atoms with E-state index < -0.39 is 0 Å². The van der Waals surface area contributed by atoms with Gasteiger partial charge >= 0.3 is 0 Å². The largest absolute Gasteiger partial charge is 0.393 e. The fourth-order valence-electron chi connectivity index (χ4n) is 2.58. The lowest BCUT2D eigenvalue weighted by Gasteiger charge is -2.23. The maximum atomic E-state index is 12.1. The molecule has 0 bridgehead atoms. The topological polar surface area (TPSA) is 75.3 Å². The van der Waals surface area contributed by atoms with Gasteiger partial charge in [0.05, 0.1) is 12.0 Å². The molecule has 1 aliphatic carbocycles. The average molecular weight is 242 g/mol. The van der Waals surface area contributed by atoms with Crippen molar-refractivity contribution in [2.75, 3.05) is 0 Å². The molecule has 1 fully saturated rings. The maximum Gasteiger partial charge on any atom is 0.224 e. The van der Waals surface area contributed by atoms with Crippen molar-refractivity contribution in [1.29, 1.82) is 0 Å². The summed E-state index contributed by atoms with van der Waals surface area (Å²) in [4.78, 5) is 12.1. The Labute approximate surface area is 104 Å². The molecule has 0 aromatic rings. The van der Waals surface area contributed by atoms with Crippen molar-refractivity contribution in [1.82, 2.24) is 5.32 Å². The van der Waals surface area contributed by atoms with Gasteiger partial charge in [-0.3, -0.25) is 4.79 Å². The lowest BCUT2D eigenvalue weighted by molar-refractivity contribution is -0.126. The van der Waals surface area contributed by atoms with E-state index in [1.807, 2.05) is 6.92 Å². The van der Waals surface area contributed by atoms with E-state index in [0.29, 0.717) is 6.42 Å². The van der Waals surface area contributed by atoms with Crippen molar-refractivity contribution >= 4 is 5.91 Å². The molecule has 0 heterocycles. The molecule has 1 aliphatic rings. The third-order valence-electron chi connectivity index (χ3n) is 3.49. The first-order chi connectivity index (χ1) is 8.00. The Bertz CT molecular complexity index is 244. The molecular weight excluding hydrogens is 216 g/mol. The molecule has 0 aromatic carbocycles. The smallest absolute Gasteiger partial charge is 0.224 e. The summed E-state index contributed by atoms with van der Waals surface area (Å²) in [7, 11) is 0. The number of nitrogens with one attached hydrogen (secondary N) is 1. The molecule has 0 radical (unpaired) electrons. The van der Waals surface area contributed by atoms with Crippen molar-refractivity contribution in [2.24, 2.45) is 11.7 Å². The Kier molecular flexibility index (Phi) is 5.92. The molecule has 0 aromatic heterocycles. The number of amides is 1. The third-order valence-corrected chi connectivity index (χ3v) is 3.49. The minimum Gasteiger partial charge on any atom is -0.393 e. The molecule has 17 heavy (non-hydrogen) atoms. The minimum absolute atomic E-state index is 0.00347. The molecule has 4 N–H and O–H groups in total. The zero-order valence-corrected chi connectivity index (χ0v) is 11.0. The quantitative estimate of drug-likeness (QED) is 0.648. The van der Waals surface area contributed by atoms with Crippen molar-refractivity contribution in [3.8, 4) is 0 Å². The highest BCUT2D eigenvalue weighted by Crippen LogP contribution is 2.22. The summed E-state index contributed by atoms with van der Waals surface area (Å²) in [5.74, 6) is 0.0153. The molecule has 4 unspecified atom stereocenters. The second-order valence-electron chi connectivity index (χ2n) is 5.40. The number of hydrogen-bond donors (Lipinski definition) is 3. The fourth-order valence-corrected chi connectivity index (χ4v) is 2.58. The van der Waals surface area contributed by atoms with E-state index in [1.54, 1.807) is 6.92 Å². The zero-order chi connectivity index (χ0) is 12.8. The molecule has 4 nitrogen and oxygen atoms in total. The van der Waals surface area contributed by atoms with Gasteiger partial charge in [0.1, 0.15) is 0 Å². The zero-order valence-electron chi connectivity index (χ0n) is 11.0. The minimum atomic E-state index is -0.381. The lowest BCUT2D eigenvalue weighted by atomic mass is 9.94. The van der Waals surface area contributed by atoms with Crippen LogP contribution in [0, 0.1) is 5.92 Å². The Morgan fingerprint density at radius 1 is 1.35 bits per heavy atom. The summed E-state index contributed by atoms with van der Waals surface area (Å²) in [5.41, 5.74) is 6.05. The van der Waals surface area contributed by atoms with Crippen LogP contribution in [0.2, 0.25) is 0 Å². The van der Waals surface area contributed by atoms with Crippen molar-refractivity contribution in [2.45, 2.75) is 70.6 Å². The van der Waals surface area contributed by atoms with Crippen LogP contribution in [0.5, 0.6) is 0 Å². The van der Waals surface area contributed by atoms with E-state index in [-0.39, 0.29) is 30.0 Å². The van der Waals surface area contributed by atoms with Gasteiger partial charge in [-0.15, -0.1) is 0 Å². The lowest BCUT2D eigenvalue weighted by Crippen LogP contribution is -2.45. The van der Waals surface area contributed by atoms with Gasteiger partial charge < -0.3 is 16.2 Å². The molecule has 0 spiro atoms. The molecule has 1 saturated carbocycles. The van der Waals surface area contributed by atoms with Gasteiger partial charge in [0.15, 0.2) is 0 Å². The molecule has 4 heteroatoms. The summed E-state index contributed by atoms with van der Waals surface area (Å²) in [6, 6.07) is 0.00852. The highest BCUT2D eigenvalue weighted by Gasteiger charge is 2.27. The number of rotatable bonds is 4. The number of carbonyl (C=O) groups is 1. The van der Waals surface area contributed by atoms with E-state index in [9.17, 15) is 9.90 Å². The van der Waals surface area contributed by atoms with Gasteiger partial charge in [0, 0.05) is 12.1 Å². The first kappa shape index (κ1) is 14.5. The van der Waals surface area contributed by atoms with E-state index in [1.165, 1.54) is 6.42 Å². The molecular formula is C13H26N2O2. The van der Waals surface area contributed by atoms with Crippen LogP contribution in [0.3, 0.4) is 0 Å². The van der Waals surface area contributed by atoms with Gasteiger partial charge in [-0.2, -0.15) is 0 Å². The second-order valence-corrected chi connectivity index (χ2v) is 5.40. The molecule has 0 aliphatic heterocycles. The van der Waals surface area contributed by atoms with Crippen molar-refractivity contribution in [3.05, 3.63) is 0 Å². The maximum absolute atomic E-state index is 12.1. The van der Waals surface area contributed by atoms with Crippen LogP contribution in [0.15, 0.2) is 0 Å². The van der Waals surface area contributed by atoms with Gasteiger partial charge in [-0.25, -0.2) is 0 Å². The summed E-state index contributed by atoms with van der Waals surface area (Å²) in [6.45, 7) is 3.66. The highest BCUT2D eigenvalue weighted by atomic mass is 16.3. The van der Waals surface area contributed by atoms with Crippen molar-refractivity contribution < 1.29 is 9.90 Å². The number of aliphatic hydroxyl groups is 1. The molecule has 1 amide bonds. The van der Waals surface area contributed by atoms with Gasteiger partial charge in [-0.05, 0) is 33.1 Å². The summed E-state index contributed by atoms with van der Waals surface area (Å²) >= 11 is 0. The van der Waals surface area contributed by atoms with Crippen LogP contribution in [0.1, 0.15) is 52.4 Å². The summed E-state index contributed by atoms with van der Waals surface area (Å²) in [6.07, 6.45) is 5.46. The number of nitrogens with two attached hydrogens (primary N) is 1. The van der Waals surface area contributed by atoms with Crippen LogP contribution in [0.25, 0.3) is 0 Å². The number of carbonyl (C=O) groups excluding carboxylic acids is 1. The predicted molar refractivity (Wildman–Crippen MR) is 68.5 cm³/mol. The van der Waals surface area contributed by atoms with Crippen molar-refractivity contribution in [3.63, 3.8) is 0 Å². The first-order valence-electron chi connectivity index (χ1n) is 6.74. The molecule has 4 atom stereocenters. The number of hydrogen-bond acceptors (Lipinski definition) is 3. The Morgan fingerprint density at radius 2 is 2.00 bits per heavy atom. The van der Waals surface area contributed by atoms with Gasteiger partial charge in [-0.1, -0.05) is 19.3 Å². The SMILES string of the molecule is CC(O)CC(C)NC(=O)C1CCCCCC1N. The van der Waals surface area contributed by atoms with Crippen LogP contribution in [0.4, 0.5) is 0 Å². The van der Waals surface area contributed by atoms with Crippen LogP contribution >= 0.6 is 0 Å². The monoisotopic (exact) mass is 242 g/mol. The molecule has 0 saturated heterocycles. The van der Waals surface area contributed by atoms with Gasteiger partial charge in [0.2, 0.25) is 5.91 Å². The number of aliphatic hydroxyl groups excluding tert-OH is 1. The van der Waals surface area contributed by atoms with E-state index >= 15 is 0 Å². The van der Waals surface area contributed by atoms with E-state index in [4.69, 9.17) is 5.73 Å². The standard InChI is InChI=1S/C13H26N2O2/c1-9(8-10(2)16)15-13(17)11-6-4-3-5-7-12(11)14/h9-12,16H,3-8,14H2,1-2H3,(H,15,17). The van der Waals surface area contributed by atoms with E-state index in [2.05, 4.69) is 5.32 Å². The molecule has 100 valence electrons. The fraction of sp³-hybridized carbons (Fsp3) is 0.923. The van der Waals surface area contributed by atoms with Crippen LogP contribution < -0.4 is 11.1 Å². The highest BCUT2D eigenvalue weighted by molar-refractivity contribution is 5.79. The molecule has 1 rings (SSSR count). The Morgan fingerprint density at radius 3 is 2.65 bits per heavy atom. The first-order valence-corrected chi connectivity index (χ1v) is 6.74. The summed E-state index contributed by atoms with van der Waals surface area (Å²) < 4.78 is 0. The Hall–Kier alpha value is -0.610. The Balaban J connectivity index is 2.44. The normalized spacial score (nSPS) is 29.2. The third kappa shape index (κ3) is 5.04. The van der Waals surface area contributed by atoms with Gasteiger partial charge in [0.25, 0.3) is 0 Å². The van der Waals surface area contributed by atoms with E-state index in [0.717, 1.165) is 25.7 Å². The average Bonchev–Trinajstić information content (AvgIpc) is 2.41. The predicted octanol–water partition coefficient (Wildman–Crippen LogP) is 1.17. The summed E-state index contributed by atoms with van der Waals surface area (Å²) in [5, 5.41) is 12.2. The van der Waals surface area contributed by atoms with Crippen LogP contribution in [-0.2, 0) is 4.79 Å². The second kappa shape index (κ2) is 6.97. The van der Waals surface area contributed by atoms with Crippen LogP contribution in [-0.4, -0.2) is 29.2 Å².